The number of anilines is 5. The monoisotopic (exact) mass is 682 g/mol. The summed E-state index contributed by atoms with van der Waals surface area (Å²) in [4.78, 5) is 13.5. The van der Waals surface area contributed by atoms with Gasteiger partial charge in [-0.25, -0.2) is 9.37 Å². The second-order valence-corrected chi connectivity index (χ2v) is 15.8. The quantitative estimate of drug-likeness (QED) is 0.235. The van der Waals surface area contributed by atoms with E-state index in [0.717, 1.165) is 52.9 Å². The summed E-state index contributed by atoms with van der Waals surface area (Å²) in [5.74, 6) is 1.46. The first kappa shape index (κ1) is 30.6. The molecule has 2 aromatic heterocycles. The summed E-state index contributed by atoms with van der Waals surface area (Å²) in [7, 11) is 3.00. The lowest BCUT2D eigenvalue weighted by Gasteiger charge is -2.41. The average molecular weight is 684 g/mol. The Balaban J connectivity index is 1.39. The molecule has 0 radical (unpaired) electrons. The molecule has 0 amide bonds. The van der Waals surface area contributed by atoms with Crippen molar-refractivity contribution in [1.82, 2.24) is 24.6 Å². The molecule has 0 unspecified atom stereocenters. The predicted octanol–water partition coefficient (Wildman–Crippen LogP) is 5.79. The molecule has 232 valence electrons. The van der Waals surface area contributed by atoms with Crippen LogP contribution in [0, 0.1) is 0 Å². The number of likely N-dealkylation sites (tertiary alicyclic amines) is 1. The van der Waals surface area contributed by atoms with Crippen molar-refractivity contribution in [1.29, 1.82) is 0 Å². The third kappa shape index (κ3) is 5.95. The van der Waals surface area contributed by atoms with Gasteiger partial charge >= 0.3 is 0 Å². The van der Waals surface area contributed by atoms with Crippen LogP contribution in [-0.4, -0.2) is 84.0 Å². The number of benzene rings is 2. The van der Waals surface area contributed by atoms with E-state index in [1.807, 2.05) is 61.4 Å². The van der Waals surface area contributed by atoms with Gasteiger partial charge in [0.1, 0.15) is 24.9 Å². The molecule has 2 N–H and O–H groups in total. The number of nitrogens with one attached hydrogen (secondary N) is 2. The van der Waals surface area contributed by atoms with Gasteiger partial charge in [0.05, 0.1) is 35.2 Å². The van der Waals surface area contributed by atoms with Crippen LogP contribution in [0.25, 0.3) is 11.1 Å². The molecule has 0 spiro atoms. The number of halogens is 2. The maximum Gasteiger partial charge on any atom is 0.229 e. The number of methoxy groups -OCH3 is 1. The number of piperidine rings is 1. The van der Waals surface area contributed by atoms with E-state index in [0.29, 0.717) is 40.8 Å². The summed E-state index contributed by atoms with van der Waals surface area (Å²) in [5, 5.41) is 12.0. The molecule has 1 saturated heterocycles. The lowest BCUT2D eigenvalue weighted by Crippen LogP contribution is -2.52. The molecule has 44 heavy (non-hydrogen) atoms. The Labute approximate surface area is 265 Å². The van der Waals surface area contributed by atoms with Crippen LogP contribution in [-0.2, 0) is 18.0 Å². The van der Waals surface area contributed by atoms with Crippen LogP contribution in [0.3, 0.4) is 0 Å². The minimum atomic E-state index is -2.54. The molecule has 2 atom stereocenters. The van der Waals surface area contributed by atoms with Crippen molar-refractivity contribution in [3.05, 3.63) is 59.0 Å². The van der Waals surface area contributed by atoms with E-state index in [-0.39, 0.29) is 6.04 Å². The molecule has 2 aliphatic heterocycles. The number of hydrogen-bond acceptors (Lipinski definition) is 9. The number of alkyl halides is 1. The largest absolute Gasteiger partial charge is 0.494 e. The van der Waals surface area contributed by atoms with E-state index in [4.69, 9.17) is 9.72 Å². The van der Waals surface area contributed by atoms with Crippen molar-refractivity contribution in [2.24, 2.45) is 7.05 Å². The molecule has 4 aromatic rings. The van der Waals surface area contributed by atoms with Crippen LogP contribution < -0.4 is 25.6 Å². The van der Waals surface area contributed by atoms with Gasteiger partial charge in [0, 0.05) is 73.2 Å². The first-order valence-corrected chi connectivity index (χ1v) is 18.0. The zero-order chi connectivity index (χ0) is 31.2. The van der Waals surface area contributed by atoms with Gasteiger partial charge in [0.25, 0.3) is 0 Å². The molecule has 0 aliphatic carbocycles. The van der Waals surface area contributed by atoms with Crippen LogP contribution in [0.2, 0.25) is 0 Å². The van der Waals surface area contributed by atoms with Crippen molar-refractivity contribution in [2.45, 2.75) is 25.1 Å². The normalized spacial score (nSPS) is 18.8. The average Bonchev–Trinajstić information content (AvgIpc) is 3.27. The van der Waals surface area contributed by atoms with E-state index < -0.39 is 13.3 Å². The summed E-state index contributed by atoms with van der Waals surface area (Å²) in [5.41, 5.74) is 5.38. The van der Waals surface area contributed by atoms with E-state index in [1.54, 1.807) is 26.6 Å². The predicted molar refractivity (Wildman–Crippen MR) is 179 cm³/mol. The Bertz CT molecular complexity index is 1740. The highest BCUT2D eigenvalue weighted by Gasteiger charge is 2.36. The Morgan fingerprint density at radius 3 is 2.61 bits per heavy atom. The van der Waals surface area contributed by atoms with Gasteiger partial charge in [-0.2, -0.15) is 10.1 Å². The molecule has 0 saturated carbocycles. The number of aromatic nitrogens is 4. The number of ether oxygens (including phenoxy) is 1. The fourth-order valence-corrected chi connectivity index (χ4v) is 7.62. The highest BCUT2D eigenvalue weighted by molar-refractivity contribution is 9.10. The van der Waals surface area contributed by atoms with E-state index in [2.05, 4.69) is 46.4 Å². The van der Waals surface area contributed by atoms with Crippen molar-refractivity contribution >= 4 is 57.2 Å². The minimum Gasteiger partial charge on any atom is -0.494 e. The highest BCUT2D eigenvalue weighted by Crippen LogP contribution is 2.45. The van der Waals surface area contributed by atoms with Crippen molar-refractivity contribution in [2.75, 3.05) is 62.7 Å². The first-order valence-electron chi connectivity index (χ1n) is 14.6. The molecule has 2 aromatic carbocycles. The Hall–Kier alpha value is -3.47. The van der Waals surface area contributed by atoms with Crippen LogP contribution in [0.15, 0.2) is 53.3 Å². The fraction of sp³-hybridized carbons (Fsp3) is 0.387. The summed E-state index contributed by atoms with van der Waals surface area (Å²) in [6.45, 7) is 5.43. The van der Waals surface area contributed by atoms with Crippen molar-refractivity contribution in [3.63, 3.8) is 0 Å². The maximum absolute atomic E-state index is 15.5. The van der Waals surface area contributed by atoms with Crippen LogP contribution in [0.4, 0.5) is 33.2 Å². The van der Waals surface area contributed by atoms with Crippen molar-refractivity contribution < 1.29 is 13.7 Å². The summed E-state index contributed by atoms with van der Waals surface area (Å²) in [6, 6.07) is 11.3. The number of aryl methyl sites for hydroxylation is 1. The standard InChI is InChI=1S/C31H37BrFN8O2P/c1-39-12-10-26(22(33)18-39)41-13-11-25-20(16-35-40(25)2)19-14-24(28(43-3)15-27(19)41)37-31-34-17-21(32)30(38-31)36-23-8-6-7-9-29(23)44(4,5)42/h6-9,14-17,22,26H,10-13,18H2,1-5H3,(H2,34,36,37,38)/t22-,26+/m0/s1. The van der Waals surface area contributed by atoms with Gasteiger partial charge in [0.2, 0.25) is 5.95 Å². The zero-order valence-corrected chi connectivity index (χ0v) is 28.0. The minimum absolute atomic E-state index is 0.233. The molecular formula is C31H37BrFN8O2P. The number of rotatable bonds is 7. The second-order valence-electron chi connectivity index (χ2n) is 11.8. The van der Waals surface area contributed by atoms with Crippen LogP contribution >= 0.6 is 23.1 Å². The molecule has 6 rings (SSSR count). The lowest BCUT2D eigenvalue weighted by atomic mass is 9.98. The Kier molecular flexibility index (Phi) is 8.43. The second kappa shape index (κ2) is 12.1. The van der Waals surface area contributed by atoms with Gasteiger partial charge in [-0.05, 0) is 60.9 Å². The molecule has 4 heterocycles. The van der Waals surface area contributed by atoms with Crippen LogP contribution in [0.5, 0.6) is 5.75 Å². The van der Waals surface area contributed by atoms with Crippen molar-refractivity contribution in [3.8, 4) is 16.9 Å². The first-order chi connectivity index (χ1) is 21.0. The maximum atomic E-state index is 15.5. The smallest absolute Gasteiger partial charge is 0.229 e. The van der Waals surface area contributed by atoms with Gasteiger partial charge in [0.15, 0.2) is 0 Å². The van der Waals surface area contributed by atoms with Gasteiger partial charge in [-0.3, -0.25) is 4.68 Å². The molecule has 0 bridgehead atoms. The lowest BCUT2D eigenvalue weighted by molar-refractivity contribution is 0.136. The molecule has 13 heteroatoms. The summed E-state index contributed by atoms with van der Waals surface area (Å²) >= 11 is 3.55. The molecule has 1 fully saturated rings. The molecule has 2 aliphatic rings. The topological polar surface area (TPSA) is 100 Å². The van der Waals surface area contributed by atoms with E-state index >= 15 is 4.39 Å². The van der Waals surface area contributed by atoms with Gasteiger partial charge < -0.3 is 29.7 Å². The number of hydrogen-bond donors (Lipinski definition) is 2. The molecule has 10 nitrogen and oxygen atoms in total. The van der Waals surface area contributed by atoms with Gasteiger partial charge in [-0.1, -0.05) is 12.1 Å². The number of fused-ring (bicyclic) bond motifs is 3. The van der Waals surface area contributed by atoms with Crippen LogP contribution in [0.1, 0.15) is 12.1 Å². The summed E-state index contributed by atoms with van der Waals surface area (Å²) < 4.78 is 36.9. The van der Waals surface area contributed by atoms with E-state index in [9.17, 15) is 4.57 Å². The third-order valence-corrected chi connectivity index (χ3v) is 10.5. The SMILES string of the molecule is COc1cc2c(cc1Nc1ncc(Br)c(Nc3ccccc3P(C)(C)=O)n1)-c1cnn(C)c1CCN2[C@@H]1CCN(C)C[C@@H]1F. The zero-order valence-electron chi connectivity index (χ0n) is 25.5. The van der Waals surface area contributed by atoms with Gasteiger partial charge in [-0.15, -0.1) is 0 Å². The third-order valence-electron chi connectivity index (χ3n) is 8.41. The summed E-state index contributed by atoms with van der Waals surface area (Å²) in [6.07, 6.45) is 4.07. The number of para-hydroxylation sites is 1. The van der Waals surface area contributed by atoms with E-state index in [1.165, 1.54) is 0 Å². The molecular weight excluding hydrogens is 646 g/mol. The highest BCUT2D eigenvalue weighted by atomic mass is 79.9. The Morgan fingerprint density at radius 1 is 1.07 bits per heavy atom. The fourth-order valence-electron chi connectivity index (χ4n) is 6.17. The Morgan fingerprint density at radius 2 is 1.86 bits per heavy atom. The number of nitrogens with zero attached hydrogens (tertiary/aromatic N) is 6.